The molecule has 0 saturated carbocycles. The molecule has 0 saturated heterocycles. The Kier molecular flexibility index (Phi) is 5.93. The van der Waals surface area contributed by atoms with E-state index in [-0.39, 0.29) is 17.5 Å². The van der Waals surface area contributed by atoms with Crippen LogP contribution in [0.4, 0.5) is 0 Å². The summed E-state index contributed by atoms with van der Waals surface area (Å²) < 4.78 is 0. The number of nitrogens with zero attached hydrogens (tertiary/aromatic N) is 1. The standard InChI is InChI=1S/C18H21NO3S/c1-3-19(13(2)10-15-8-9-23-12-15)17(20)11-14-4-6-16(7-5-14)18(21)22/h4-9,12-13H,3,10-11H2,1-2H3,(H,21,22). The highest BCUT2D eigenvalue weighted by molar-refractivity contribution is 7.07. The van der Waals surface area contributed by atoms with Crippen LogP contribution in [-0.2, 0) is 17.6 Å². The summed E-state index contributed by atoms with van der Waals surface area (Å²) in [7, 11) is 0. The number of carboxylic acids is 1. The number of aromatic carboxylic acids is 1. The fourth-order valence-corrected chi connectivity index (χ4v) is 3.32. The van der Waals surface area contributed by atoms with E-state index in [1.165, 1.54) is 17.7 Å². The normalized spacial score (nSPS) is 11.9. The molecule has 5 heteroatoms. The van der Waals surface area contributed by atoms with Gasteiger partial charge >= 0.3 is 5.97 Å². The molecule has 1 heterocycles. The second-order valence-electron chi connectivity index (χ2n) is 5.54. The maximum atomic E-state index is 12.5. The number of likely N-dealkylation sites (N-methyl/N-ethyl adjacent to an activating group) is 1. The van der Waals surface area contributed by atoms with Gasteiger partial charge in [-0.1, -0.05) is 12.1 Å². The first-order valence-electron chi connectivity index (χ1n) is 7.64. The van der Waals surface area contributed by atoms with E-state index in [1.807, 2.05) is 17.2 Å². The van der Waals surface area contributed by atoms with E-state index in [9.17, 15) is 9.59 Å². The molecule has 0 radical (unpaired) electrons. The molecule has 0 fully saturated rings. The molecule has 1 atom stereocenters. The van der Waals surface area contributed by atoms with Crippen molar-refractivity contribution in [2.75, 3.05) is 6.54 Å². The van der Waals surface area contributed by atoms with E-state index < -0.39 is 5.97 Å². The fraction of sp³-hybridized carbons (Fsp3) is 0.333. The Bertz CT molecular complexity index is 649. The van der Waals surface area contributed by atoms with Crippen molar-refractivity contribution in [3.63, 3.8) is 0 Å². The Labute approximate surface area is 140 Å². The lowest BCUT2D eigenvalue weighted by atomic mass is 10.1. The van der Waals surface area contributed by atoms with Gasteiger partial charge in [-0.2, -0.15) is 11.3 Å². The summed E-state index contributed by atoms with van der Waals surface area (Å²) in [5, 5.41) is 13.1. The zero-order valence-corrected chi connectivity index (χ0v) is 14.2. The average molecular weight is 331 g/mol. The SMILES string of the molecule is CCN(C(=O)Cc1ccc(C(=O)O)cc1)C(C)Cc1ccsc1. The quantitative estimate of drug-likeness (QED) is 0.845. The van der Waals surface area contributed by atoms with Crippen LogP contribution in [0.25, 0.3) is 0 Å². The first kappa shape index (κ1) is 17.2. The first-order chi connectivity index (χ1) is 11.0. The van der Waals surface area contributed by atoms with Crippen molar-refractivity contribution in [1.29, 1.82) is 0 Å². The molecule has 122 valence electrons. The monoisotopic (exact) mass is 331 g/mol. The Morgan fingerprint density at radius 3 is 2.39 bits per heavy atom. The highest BCUT2D eigenvalue weighted by atomic mass is 32.1. The fourth-order valence-electron chi connectivity index (χ4n) is 2.64. The number of benzene rings is 1. The molecular weight excluding hydrogens is 310 g/mol. The molecule has 2 aromatic rings. The zero-order valence-electron chi connectivity index (χ0n) is 13.4. The highest BCUT2D eigenvalue weighted by Gasteiger charge is 2.19. The van der Waals surface area contributed by atoms with Crippen molar-refractivity contribution >= 4 is 23.2 Å². The lowest BCUT2D eigenvalue weighted by molar-refractivity contribution is -0.132. The summed E-state index contributed by atoms with van der Waals surface area (Å²) >= 11 is 1.66. The first-order valence-corrected chi connectivity index (χ1v) is 8.58. The number of amides is 1. The van der Waals surface area contributed by atoms with Crippen LogP contribution in [0.2, 0.25) is 0 Å². The van der Waals surface area contributed by atoms with Crippen LogP contribution in [0, 0.1) is 0 Å². The topological polar surface area (TPSA) is 57.6 Å². The molecule has 4 nitrogen and oxygen atoms in total. The number of hydrogen-bond donors (Lipinski definition) is 1. The van der Waals surface area contributed by atoms with E-state index in [2.05, 4.69) is 18.4 Å². The minimum Gasteiger partial charge on any atom is -0.478 e. The van der Waals surface area contributed by atoms with Gasteiger partial charge in [0.2, 0.25) is 5.91 Å². The third kappa shape index (κ3) is 4.66. The summed E-state index contributed by atoms with van der Waals surface area (Å²) in [6.07, 6.45) is 1.14. The summed E-state index contributed by atoms with van der Waals surface area (Å²) in [5.41, 5.74) is 2.32. The Balaban J connectivity index is 2.00. The van der Waals surface area contributed by atoms with Gasteiger partial charge in [-0.25, -0.2) is 4.79 Å². The smallest absolute Gasteiger partial charge is 0.335 e. The van der Waals surface area contributed by atoms with Crippen molar-refractivity contribution in [1.82, 2.24) is 4.90 Å². The van der Waals surface area contributed by atoms with Crippen LogP contribution in [0.15, 0.2) is 41.1 Å². The molecule has 0 aliphatic heterocycles. The number of carbonyl (C=O) groups is 2. The maximum Gasteiger partial charge on any atom is 0.335 e. The minimum atomic E-state index is -0.956. The second kappa shape index (κ2) is 7.92. The van der Waals surface area contributed by atoms with Crippen LogP contribution in [-0.4, -0.2) is 34.5 Å². The van der Waals surface area contributed by atoms with Crippen LogP contribution >= 0.6 is 11.3 Å². The number of carbonyl (C=O) groups excluding carboxylic acids is 1. The highest BCUT2D eigenvalue weighted by Crippen LogP contribution is 2.14. The third-order valence-corrected chi connectivity index (χ3v) is 4.59. The summed E-state index contributed by atoms with van der Waals surface area (Å²) in [5.74, 6) is -0.888. The molecule has 1 aromatic heterocycles. The van der Waals surface area contributed by atoms with Crippen LogP contribution < -0.4 is 0 Å². The Hall–Kier alpha value is -2.14. The maximum absolute atomic E-state index is 12.5. The summed E-state index contributed by atoms with van der Waals surface area (Å²) in [6.45, 7) is 4.71. The van der Waals surface area contributed by atoms with Crippen molar-refractivity contribution in [3.8, 4) is 0 Å². The largest absolute Gasteiger partial charge is 0.478 e. The molecule has 0 spiro atoms. The predicted octanol–water partition coefficient (Wildman–Crippen LogP) is 3.47. The van der Waals surface area contributed by atoms with Gasteiger partial charge in [-0.05, 0) is 60.4 Å². The van der Waals surface area contributed by atoms with Crippen molar-refractivity contribution in [2.24, 2.45) is 0 Å². The second-order valence-corrected chi connectivity index (χ2v) is 6.32. The van der Waals surface area contributed by atoms with Gasteiger partial charge in [0.25, 0.3) is 0 Å². The number of rotatable bonds is 7. The van der Waals surface area contributed by atoms with Gasteiger partial charge < -0.3 is 10.0 Å². The van der Waals surface area contributed by atoms with Crippen molar-refractivity contribution in [2.45, 2.75) is 32.7 Å². The third-order valence-electron chi connectivity index (χ3n) is 3.86. The van der Waals surface area contributed by atoms with Gasteiger partial charge in [0.05, 0.1) is 12.0 Å². The Morgan fingerprint density at radius 2 is 1.87 bits per heavy atom. The molecule has 23 heavy (non-hydrogen) atoms. The van der Waals surface area contributed by atoms with Crippen molar-refractivity contribution < 1.29 is 14.7 Å². The molecule has 1 unspecified atom stereocenters. The van der Waals surface area contributed by atoms with Crippen molar-refractivity contribution in [3.05, 3.63) is 57.8 Å². The number of carboxylic acid groups (broad SMARTS) is 1. The van der Waals surface area contributed by atoms with Crippen LogP contribution in [0.1, 0.15) is 35.3 Å². The number of thiophene rings is 1. The molecule has 2 rings (SSSR count). The minimum absolute atomic E-state index is 0.0679. The predicted molar refractivity (Wildman–Crippen MR) is 92.0 cm³/mol. The van der Waals surface area contributed by atoms with Gasteiger partial charge in [0, 0.05) is 12.6 Å². The van der Waals surface area contributed by atoms with E-state index >= 15 is 0 Å². The van der Waals surface area contributed by atoms with E-state index in [0.29, 0.717) is 13.0 Å². The van der Waals surface area contributed by atoms with Gasteiger partial charge in [-0.15, -0.1) is 0 Å². The lowest BCUT2D eigenvalue weighted by Crippen LogP contribution is -2.40. The molecular formula is C18H21NO3S. The molecule has 1 N–H and O–H groups in total. The van der Waals surface area contributed by atoms with Crippen LogP contribution in [0.3, 0.4) is 0 Å². The lowest BCUT2D eigenvalue weighted by Gasteiger charge is -2.28. The van der Waals surface area contributed by atoms with Gasteiger partial charge in [0.1, 0.15) is 0 Å². The zero-order chi connectivity index (χ0) is 16.8. The molecule has 0 aliphatic rings. The van der Waals surface area contributed by atoms with Crippen LogP contribution in [0.5, 0.6) is 0 Å². The van der Waals surface area contributed by atoms with Gasteiger partial charge in [-0.3, -0.25) is 4.79 Å². The number of hydrogen-bond acceptors (Lipinski definition) is 3. The Morgan fingerprint density at radius 1 is 1.17 bits per heavy atom. The summed E-state index contributed by atoms with van der Waals surface area (Å²) in [4.78, 5) is 25.3. The molecule has 1 aromatic carbocycles. The summed E-state index contributed by atoms with van der Waals surface area (Å²) in [6, 6.07) is 8.72. The average Bonchev–Trinajstić information content (AvgIpc) is 3.01. The van der Waals surface area contributed by atoms with E-state index in [0.717, 1.165) is 12.0 Å². The van der Waals surface area contributed by atoms with E-state index in [4.69, 9.17) is 5.11 Å². The molecule has 0 aliphatic carbocycles. The van der Waals surface area contributed by atoms with Gasteiger partial charge in [0.15, 0.2) is 0 Å². The molecule has 0 bridgehead atoms. The molecule has 1 amide bonds. The van der Waals surface area contributed by atoms with E-state index in [1.54, 1.807) is 23.5 Å².